The molecule has 1 fully saturated rings. The highest BCUT2D eigenvalue weighted by atomic mass is 16.6. The zero-order chi connectivity index (χ0) is 18.3. The van der Waals surface area contributed by atoms with Gasteiger partial charge in [0, 0.05) is 17.7 Å². The summed E-state index contributed by atoms with van der Waals surface area (Å²) >= 11 is 0. The first-order chi connectivity index (χ1) is 12.5. The third kappa shape index (κ3) is 2.73. The molecule has 2 heterocycles. The van der Waals surface area contributed by atoms with Crippen LogP contribution in [0.4, 0.5) is 5.69 Å². The van der Waals surface area contributed by atoms with E-state index >= 15 is 0 Å². The number of benzene rings is 2. The highest BCUT2D eigenvalue weighted by Crippen LogP contribution is 2.38. The summed E-state index contributed by atoms with van der Waals surface area (Å²) in [4.78, 5) is 38.7. The molecule has 0 bridgehead atoms. The van der Waals surface area contributed by atoms with Gasteiger partial charge in [0.2, 0.25) is 18.0 Å². The number of aryl methyl sites for hydroxylation is 1. The third-order valence-electron chi connectivity index (χ3n) is 4.76. The minimum absolute atomic E-state index is 0.191. The Morgan fingerprint density at radius 3 is 2.77 bits per heavy atom. The Hall–Kier alpha value is -3.15. The van der Waals surface area contributed by atoms with Crippen LogP contribution in [0.3, 0.4) is 0 Å². The number of rotatable bonds is 3. The van der Waals surface area contributed by atoms with Crippen molar-refractivity contribution in [3.8, 4) is 0 Å². The quantitative estimate of drug-likeness (QED) is 0.864. The summed E-state index contributed by atoms with van der Waals surface area (Å²) in [5.74, 6) is -0.936. The molecule has 1 N–H and O–H groups in total. The smallest absolute Gasteiger partial charge is 0.340 e. The molecule has 2 atom stereocenters. The van der Waals surface area contributed by atoms with Crippen LogP contribution in [0.5, 0.6) is 0 Å². The SMILES string of the molecule is Cc1cccc(NC(=O)[C@@H]2CCC(=O)N2C2OC(=O)c3ccccc32)c1. The average Bonchev–Trinajstić information content (AvgIpc) is 3.15. The molecule has 0 aromatic heterocycles. The van der Waals surface area contributed by atoms with Gasteiger partial charge in [0.1, 0.15) is 6.04 Å². The van der Waals surface area contributed by atoms with Crippen LogP contribution in [-0.4, -0.2) is 28.7 Å². The van der Waals surface area contributed by atoms with Gasteiger partial charge in [0.25, 0.3) is 0 Å². The molecule has 2 aliphatic heterocycles. The molecule has 2 aliphatic rings. The van der Waals surface area contributed by atoms with Crippen molar-refractivity contribution in [1.29, 1.82) is 0 Å². The van der Waals surface area contributed by atoms with Crippen molar-refractivity contribution >= 4 is 23.5 Å². The van der Waals surface area contributed by atoms with Crippen LogP contribution in [0.2, 0.25) is 0 Å². The normalized spacial score (nSPS) is 21.5. The molecule has 1 saturated heterocycles. The van der Waals surface area contributed by atoms with Crippen molar-refractivity contribution in [3.05, 3.63) is 65.2 Å². The molecule has 4 rings (SSSR count). The Morgan fingerprint density at radius 2 is 1.96 bits per heavy atom. The Kier molecular flexibility index (Phi) is 3.95. The second-order valence-corrected chi connectivity index (χ2v) is 6.56. The maximum atomic E-state index is 12.8. The van der Waals surface area contributed by atoms with Crippen LogP contribution < -0.4 is 5.32 Å². The molecular formula is C20H18N2O4. The van der Waals surface area contributed by atoms with E-state index in [9.17, 15) is 14.4 Å². The molecule has 132 valence electrons. The predicted molar refractivity (Wildman–Crippen MR) is 94.3 cm³/mol. The van der Waals surface area contributed by atoms with Gasteiger partial charge < -0.3 is 10.1 Å². The maximum absolute atomic E-state index is 12.8. The van der Waals surface area contributed by atoms with Crippen molar-refractivity contribution < 1.29 is 19.1 Å². The number of anilines is 1. The Bertz CT molecular complexity index is 908. The fourth-order valence-electron chi connectivity index (χ4n) is 3.54. The number of fused-ring (bicyclic) bond motifs is 1. The molecule has 6 nitrogen and oxygen atoms in total. The molecule has 0 aliphatic carbocycles. The molecule has 26 heavy (non-hydrogen) atoms. The summed E-state index contributed by atoms with van der Waals surface area (Å²) in [5.41, 5.74) is 2.77. The second-order valence-electron chi connectivity index (χ2n) is 6.56. The van der Waals surface area contributed by atoms with Crippen LogP contribution in [0.15, 0.2) is 48.5 Å². The first-order valence-electron chi connectivity index (χ1n) is 8.53. The minimum Gasteiger partial charge on any atom is -0.433 e. The van der Waals surface area contributed by atoms with Gasteiger partial charge in [-0.2, -0.15) is 0 Å². The highest BCUT2D eigenvalue weighted by molar-refractivity contribution is 6.00. The molecule has 0 spiro atoms. The van der Waals surface area contributed by atoms with Gasteiger partial charge >= 0.3 is 5.97 Å². The van der Waals surface area contributed by atoms with E-state index in [0.717, 1.165) is 5.56 Å². The standard InChI is InChI=1S/C20H18N2O4/c1-12-5-4-6-13(11-12)21-18(24)16-9-10-17(23)22(16)19-14-7-2-3-8-15(14)20(25)26-19/h2-8,11,16,19H,9-10H2,1H3,(H,21,24)/t16-,19?/m0/s1. The Balaban J connectivity index is 1.60. The topological polar surface area (TPSA) is 75.7 Å². The lowest BCUT2D eigenvalue weighted by Crippen LogP contribution is -2.43. The zero-order valence-corrected chi connectivity index (χ0v) is 14.3. The minimum atomic E-state index is -0.845. The number of likely N-dealkylation sites (tertiary alicyclic amines) is 1. The number of carbonyl (C=O) groups excluding carboxylic acids is 3. The van der Waals surface area contributed by atoms with Crippen molar-refractivity contribution in [2.24, 2.45) is 0 Å². The van der Waals surface area contributed by atoms with E-state index < -0.39 is 18.2 Å². The van der Waals surface area contributed by atoms with Crippen molar-refractivity contribution in [1.82, 2.24) is 4.90 Å². The lowest BCUT2D eigenvalue weighted by molar-refractivity contribution is -0.144. The fourth-order valence-corrected chi connectivity index (χ4v) is 3.54. The van der Waals surface area contributed by atoms with E-state index in [2.05, 4.69) is 5.32 Å². The van der Waals surface area contributed by atoms with Crippen LogP contribution in [0.25, 0.3) is 0 Å². The number of nitrogens with one attached hydrogen (secondary N) is 1. The van der Waals surface area contributed by atoms with E-state index in [-0.39, 0.29) is 18.2 Å². The monoisotopic (exact) mass is 350 g/mol. The number of hydrogen-bond acceptors (Lipinski definition) is 4. The van der Waals surface area contributed by atoms with E-state index in [4.69, 9.17) is 4.74 Å². The Labute approximate surface area is 150 Å². The highest BCUT2D eigenvalue weighted by Gasteiger charge is 2.46. The third-order valence-corrected chi connectivity index (χ3v) is 4.76. The van der Waals surface area contributed by atoms with Crippen LogP contribution in [0.1, 0.15) is 40.6 Å². The number of ether oxygens (including phenoxy) is 1. The molecule has 0 radical (unpaired) electrons. The van der Waals surface area contributed by atoms with Gasteiger partial charge in [-0.05, 0) is 37.1 Å². The van der Waals surface area contributed by atoms with Gasteiger partial charge in [0.15, 0.2) is 0 Å². The molecule has 1 unspecified atom stereocenters. The molecular weight excluding hydrogens is 332 g/mol. The lowest BCUT2D eigenvalue weighted by Gasteiger charge is -2.29. The number of carbonyl (C=O) groups is 3. The molecule has 2 amide bonds. The van der Waals surface area contributed by atoms with Gasteiger partial charge in [-0.3, -0.25) is 14.5 Å². The molecule has 2 aromatic rings. The van der Waals surface area contributed by atoms with Gasteiger partial charge in [-0.15, -0.1) is 0 Å². The van der Waals surface area contributed by atoms with Crippen LogP contribution >= 0.6 is 0 Å². The van der Waals surface area contributed by atoms with E-state index in [1.54, 1.807) is 30.3 Å². The number of cyclic esters (lactones) is 1. The average molecular weight is 350 g/mol. The van der Waals surface area contributed by atoms with Gasteiger partial charge in [-0.1, -0.05) is 30.3 Å². The van der Waals surface area contributed by atoms with Crippen molar-refractivity contribution in [3.63, 3.8) is 0 Å². The van der Waals surface area contributed by atoms with E-state index in [1.807, 2.05) is 25.1 Å². The summed E-state index contributed by atoms with van der Waals surface area (Å²) in [6.45, 7) is 1.94. The predicted octanol–water partition coefficient (Wildman–Crippen LogP) is 2.79. The summed E-state index contributed by atoms with van der Waals surface area (Å²) in [6.07, 6.45) is -0.198. The number of nitrogens with zero attached hydrogens (tertiary/aromatic N) is 1. The van der Waals surface area contributed by atoms with Gasteiger partial charge in [0.05, 0.1) is 5.56 Å². The number of hydrogen-bond donors (Lipinski definition) is 1. The Morgan fingerprint density at radius 1 is 1.15 bits per heavy atom. The van der Waals surface area contributed by atoms with Gasteiger partial charge in [-0.25, -0.2) is 4.79 Å². The van der Waals surface area contributed by atoms with E-state index in [1.165, 1.54) is 4.90 Å². The van der Waals surface area contributed by atoms with Crippen LogP contribution in [-0.2, 0) is 14.3 Å². The van der Waals surface area contributed by atoms with E-state index in [0.29, 0.717) is 23.2 Å². The first-order valence-corrected chi connectivity index (χ1v) is 8.53. The molecule has 2 aromatic carbocycles. The largest absolute Gasteiger partial charge is 0.433 e. The molecule has 6 heteroatoms. The van der Waals surface area contributed by atoms with Crippen molar-refractivity contribution in [2.75, 3.05) is 5.32 Å². The summed E-state index contributed by atoms with van der Waals surface area (Å²) < 4.78 is 5.42. The summed E-state index contributed by atoms with van der Waals surface area (Å²) in [7, 11) is 0. The first kappa shape index (κ1) is 16.3. The number of esters is 1. The summed E-state index contributed by atoms with van der Waals surface area (Å²) in [5, 5.41) is 2.86. The lowest BCUT2D eigenvalue weighted by atomic mass is 10.1. The fraction of sp³-hybridized carbons (Fsp3) is 0.250. The zero-order valence-electron chi connectivity index (χ0n) is 14.3. The number of amides is 2. The maximum Gasteiger partial charge on any atom is 0.340 e. The summed E-state index contributed by atoms with van der Waals surface area (Å²) in [6, 6.07) is 13.7. The molecule has 0 saturated carbocycles. The second kappa shape index (κ2) is 6.29. The van der Waals surface area contributed by atoms with Crippen molar-refractivity contribution in [2.45, 2.75) is 32.0 Å². The van der Waals surface area contributed by atoms with Crippen LogP contribution in [0, 0.1) is 6.92 Å².